The van der Waals surface area contributed by atoms with Crippen molar-refractivity contribution in [2.45, 2.75) is 32.4 Å². The number of pyridine rings is 1. The lowest BCUT2D eigenvalue weighted by Gasteiger charge is -2.15. The highest BCUT2D eigenvalue weighted by Crippen LogP contribution is 2.16. The van der Waals surface area contributed by atoms with E-state index in [0.717, 1.165) is 55.0 Å². The Kier molecular flexibility index (Phi) is 5.42. The molecule has 0 saturated carbocycles. The van der Waals surface area contributed by atoms with Gasteiger partial charge < -0.3 is 15.4 Å². The third kappa shape index (κ3) is 4.20. The number of aliphatic imine (C=N–C) groups is 1. The van der Waals surface area contributed by atoms with Crippen LogP contribution in [-0.2, 0) is 11.3 Å². The summed E-state index contributed by atoms with van der Waals surface area (Å²) in [5.74, 6) is 0.830. The Morgan fingerprint density at radius 1 is 1.30 bits per heavy atom. The maximum atomic E-state index is 5.65. The predicted octanol–water partition coefficient (Wildman–Crippen LogP) is 2.47. The summed E-state index contributed by atoms with van der Waals surface area (Å²) in [5, 5.41) is 7.81. The van der Waals surface area contributed by atoms with Gasteiger partial charge >= 0.3 is 0 Å². The van der Waals surface area contributed by atoms with Gasteiger partial charge in [0, 0.05) is 31.3 Å². The van der Waals surface area contributed by atoms with Crippen molar-refractivity contribution in [3.63, 3.8) is 0 Å². The van der Waals surface area contributed by atoms with Gasteiger partial charge in [-0.05, 0) is 31.4 Å². The molecule has 1 unspecified atom stereocenters. The number of hydrogen-bond donors (Lipinski definition) is 2. The molecule has 122 valence electrons. The van der Waals surface area contributed by atoms with E-state index in [4.69, 9.17) is 9.73 Å². The lowest BCUT2D eigenvalue weighted by Crippen LogP contribution is -2.41. The summed E-state index contributed by atoms with van der Waals surface area (Å²) < 4.78 is 5.65. The lowest BCUT2D eigenvalue weighted by atomic mass is 10.1. The largest absolute Gasteiger partial charge is 0.376 e. The van der Waals surface area contributed by atoms with Crippen molar-refractivity contribution < 1.29 is 4.74 Å². The normalized spacial score (nSPS) is 18.3. The molecule has 2 aromatic rings. The minimum Gasteiger partial charge on any atom is -0.376 e. The molecule has 1 aromatic heterocycles. The van der Waals surface area contributed by atoms with Crippen molar-refractivity contribution in [3.8, 4) is 0 Å². The van der Waals surface area contributed by atoms with Crippen LogP contribution >= 0.6 is 0 Å². The average molecular weight is 312 g/mol. The van der Waals surface area contributed by atoms with Crippen LogP contribution in [-0.4, -0.2) is 36.7 Å². The summed E-state index contributed by atoms with van der Waals surface area (Å²) in [4.78, 5) is 9.18. The molecule has 0 spiro atoms. The lowest BCUT2D eigenvalue weighted by molar-refractivity contribution is 0.114. The van der Waals surface area contributed by atoms with Crippen molar-refractivity contribution >= 4 is 16.9 Å². The summed E-state index contributed by atoms with van der Waals surface area (Å²) in [5.41, 5.74) is 2.16. The van der Waals surface area contributed by atoms with Gasteiger partial charge in [-0.1, -0.05) is 24.3 Å². The Bertz CT molecular complexity index is 660. The Morgan fingerprint density at radius 3 is 3.04 bits per heavy atom. The second-order valence-corrected chi connectivity index (χ2v) is 5.70. The summed E-state index contributed by atoms with van der Waals surface area (Å²) in [6.07, 6.45) is 4.41. The fraction of sp³-hybridized carbons (Fsp3) is 0.444. The quantitative estimate of drug-likeness (QED) is 0.658. The number of para-hydroxylation sites is 1. The summed E-state index contributed by atoms with van der Waals surface area (Å²) >= 11 is 0. The van der Waals surface area contributed by atoms with Crippen molar-refractivity contribution in [2.24, 2.45) is 4.99 Å². The Morgan fingerprint density at radius 2 is 2.22 bits per heavy atom. The zero-order valence-corrected chi connectivity index (χ0v) is 13.6. The van der Waals surface area contributed by atoms with Crippen LogP contribution in [0.4, 0.5) is 0 Å². The molecule has 2 heterocycles. The van der Waals surface area contributed by atoms with Gasteiger partial charge in [-0.25, -0.2) is 4.99 Å². The van der Waals surface area contributed by atoms with Crippen LogP contribution < -0.4 is 10.6 Å². The highest BCUT2D eigenvalue weighted by molar-refractivity contribution is 5.83. The van der Waals surface area contributed by atoms with Gasteiger partial charge in [0.2, 0.25) is 0 Å². The summed E-state index contributed by atoms with van der Waals surface area (Å²) in [6, 6.07) is 10.3. The third-order valence-electron chi connectivity index (χ3n) is 3.99. The zero-order valence-electron chi connectivity index (χ0n) is 13.6. The summed E-state index contributed by atoms with van der Waals surface area (Å²) in [6.45, 7) is 5.20. The van der Waals surface area contributed by atoms with Gasteiger partial charge in [0.05, 0.1) is 18.2 Å². The van der Waals surface area contributed by atoms with Crippen LogP contribution in [0.3, 0.4) is 0 Å². The van der Waals surface area contributed by atoms with Crippen molar-refractivity contribution in [2.75, 3.05) is 19.7 Å². The second kappa shape index (κ2) is 7.92. The van der Waals surface area contributed by atoms with E-state index in [1.54, 1.807) is 0 Å². The predicted molar refractivity (Wildman–Crippen MR) is 93.5 cm³/mol. The molecule has 23 heavy (non-hydrogen) atoms. The molecule has 3 rings (SSSR count). The van der Waals surface area contributed by atoms with Gasteiger partial charge in [0.15, 0.2) is 5.96 Å². The molecule has 0 aliphatic carbocycles. The van der Waals surface area contributed by atoms with E-state index in [2.05, 4.69) is 46.8 Å². The molecular weight excluding hydrogens is 288 g/mol. The average Bonchev–Trinajstić information content (AvgIpc) is 3.11. The van der Waals surface area contributed by atoms with Gasteiger partial charge in [-0.2, -0.15) is 0 Å². The number of rotatable bonds is 5. The molecule has 5 nitrogen and oxygen atoms in total. The van der Waals surface area contributed by atoms with Crippen LogP contribution in [0, 0.1) is 0 Å². The number of ether oxygens (including phenoxy) is 1. The fourth-order valence-corrected chi connectivity index (χ4v) is 2.82. The molecule has 1 saturated heterocycles. The van der Waals surface area contributed by atoms with Crippen molar-refractivity contribution in [3.05, 3.63) is 42.1 Å². The van der Waals surface area contributed by atoms with Crippen LogP contribution in [0.1, 0.15) is 25.3 Å². The Balaban J connectivity index is 1.68. The standard InChI is InChI=1S/C18H24N4O/c1-2-19-18(22-13-16-9-5-11-23-16)21-12-15-7-3-6-14-8-4-10-20-17(14)15/h3-4,6-8,10,16H,2,5,9,11-13H2,1H3,(H2,19,21,22). The molecule has 1 atom stereocenters. The molecule has 1 aromatic carbocycles. The fourth-order valence-electron chi connectivity index (χ4n) is 2.82. The zero-order chi connectivity index (χ0) is 15.9. The van der Waals surface area contributed by atoms with E-state index in [1.165, 1.54) is 0 Å². The van der Waals surface area contributed by atoms with Crippen molar-refractivity contribution in [1.82, 2.24) is 15.6 Å². The molecule has 0 amide bonds. The number of nitrogens with one attached hydrogen (secondary N) is 2. The Hall–Kier alpha value is -2.14. The van der Waals surface area contributed by atoms with E-state index in [9.17, 15) is 0 Å². The highest BCUT2D eigenvalue weighted by Gasteiger charge is 2.15. The first-order valence-corrected chi connectivity index (χ1v) is 8.33. The van der Waals surface area contributed by atoms with E-state index in [-0.39, 0.29) is 0 Å². The minimum atomic E-state index is 0.304. The number of aromatic nitrogens is 1. The highest BCUT2D eigenvalue weighted by atomic mass is 16.5. The SMILES string of the molecule is CCNC(=NCc1cccc2cccnc12)NCC1CCCO1. The van der Waals surface area contributed by atoms with E-state index in [0.29, 0.717) is 12.6 Å². The van der Waals surface area contributed by atoms with E-state index in [1.807, 2.05) is 12.3 Å². The van der Waals surface area contributed by atoms with Gasteiger partial charge in [0.25, 0.3) is 0 Å². The number of fused-ring (bicyclic) bond motifs is 1. The molecule has 2 N–H and O–H groups in total. The molecule has 5 heteroatoms. The maximum absolute atomic E-state index is 5.65. The smallest absolute Gasteiger partial charge is 0.191 e. The molecule has 1 aliphatic rings. The topological polar surface area (TPSA) is 58.5 Å². The van der Waals surface area contributed by atoms with Gasteiger partial charge in [-0.3, -0.25) is 4.98 Å². The van der Waals surface area contributed by atoms with Crippen LogP contribution in [0.15, 0.2) is 41.5 Å². The first-order chi connectivity index (χ1) is 11.4. The number of benzene rings is 1. The van der Waals surface area contributed by atoms with E-state index >= 15 is 0 Å². The van der Waals surface area contributed by atoms with Gasteiger partial charge in [0.1, 0.15) is 0 Å². The Labute approximate surface area is 137 Å². The van der Waals surface area contributed by atoms with E-state index < -0.39 is 0 Å². The number of guanidine groups is 1. The monoisotopic (exact) mass is 312 g/mol. The number of hydrogen-bond acceptors (Lipinski definition) is 3. The third-order valence-corrected chi connectivity index (χ3v) is 3.99. The van der Waals surface area contributed by atoms with Crippen LogP contribution in [0.25, 0.3) is 10.9 Å². The second-order valence-electron chi connectivity index (χ2n) is 5.70. The molecule has 1 aliphatic heterocycles. The molecule has 1 fully saturated rings. The molecule has 0 bridgehead atoms. The van der Waals surface area contributed by atoms with Gasteiger partial charge in [-0.15, -0.1) is 0 Å². The van der Waals surface area contributed by atoms with Crippen LogP contribution in [0.5, 0.6) is 0 Å². The molecular formula is C18H24N4O. The number of nitrogens with zero attached hydrogens (tertiary/aromatic N) is 2. The maximum Gasteiger partial charge on any atom is 0.191 e. The minimum absolute atomic E-state index is 0.304. The first kappa shape index (κ1) is 15.7. The molecule has 0 radical (unpaired) electrons. The first-order valence-electron chi connectivity index (χ1n) is 8.33. The van der Waals surface area contributed by atoms with Crippen LogP contribution in [0.2, 0.25) is 0 Å². The van der Waals surface area contributed by atoms with Crippen molar-refractivity contribution in [1.29, 1.82) is 0 Å². The summed E-state index contributed by atoms with van der Waals surface area (Å²) in [7, 11) is 0.